The number of amides is 2. The Kier molecular flexibility index (Phi) is 3.75. The maximum Gasteiger partial charge on any atom is 0.304 e. The number of hydrogen-bond acceptors (Lipinski definition) is 5. The minimum atomic E-state index is -0.908. The number of ether oxygens (including phenoxy) is 1. The number of carbonyl (C=O) groups excluding carboxylic acids is 3. The molecule has 2 atom stereocenters. The molecule has 7 heteroatoms. The largest absolute Gasteiger partial charge is 0.439 e. The highest BCUT2D eigenvalue weighted by Gasteiger charge is 2.46. The van der Waals surface area contributed by atoms with Crippen molar-refractivity contribution in [1.82, 2.24) is 10.6 Å². The second-order valence-electron chi connectivity index (χ2n) is 5.21. The van der Waals surface area contributed by atoms with E-state index in [1.165, 1.54) is 6.92 Å². The molecule has 2 unspecified atom stereocenters. The third-order valence-electron chi connectivity index (χ3n) is 3.65. The molecule has 1 aliphatic heterocycles. The van der Waals surface area contributed by atoms with Crippen LogP contribution in [0.3, 0.4) is 0 Å². The first-order chi connectivity index (χ1) is 8.92. The molecule has 0 bridgehead atoms. The van der Waals surface area contributed by atoms with E-state index in [-0.39, 0.29) is 11.8 Å². The summed E-state index contributed by atoms with van der Waals surface area (Å²) in [6.45, 7) is 1.24. The molecule has 0 aromatic rings. The van der Waals surface area contributed by atoms with Crippen LogP contribution in [0.25, 0.3) is 0 Å². The Morgan fingerprint density at radius 2 is 2.00 bits per heavy atom. The van der Waals surface area contributed by atoms with Gasteiger partial charge in [-0.3, -0.25) is 14.4 Å². The first-order valence-electron chi connectivity index (χ1n) is 6.50. The van der Waals surface area contributed by atoms with Crippen LogP contribution in [0.2, 0.25) is 0 Å². The van der Waals surface area contributed by atoms with Crippen molar-refractivity contribution in [3.05, 3.63) is 0 Å². The summed E-state index contributed by atoms with van der Waals surface area (Å²) < 4.78 is 4.86. The summed E-state index contributed by atoms with van der Waals surface area (Å²) in [5.74, 6) is -1.22. The first kappa shape index (κ1) is 13.8. The molecule has 0 aromatic carbocycles. The Bertz CT molecular complexity index is 404. The van der Waals surface area contributed by atoms with Crippen molar-refractivity contribution < 1.29 is 19.1 Å². The van der Waals surface area contributed by atoms with Crippen LogP contribution in [0.15, 0.2) is 0 Å². The summed E-state index contributed by atoms with van der Waals surface area (Å²) in [5.41, 5.74) is 5.16. The van der Waals surface area contributed by atoms with Crippen molar-refractivity contribution in [2.45, 2.75) is 56.8 Å². The predicted octanol–water partition coefficient (Wildman–Crippen LogP) is -0.848. The van der Waals surface area contributed by atoms with E-state index in [2.05, 4.69) is 10.6 Å². The normalized spacial score (nSPS) is 28.8. The lowest BCUT2D eigenvalue weighted by molar-refractivity contribution is -0.164. The van der Waals surface area contributed by atoms with E-state index in [9.17, 15) is 14.4 Å². The molecule has 1 saturated carbocycles. The lowest BCUT2D eigenvalue weighted by atomic mass is 9.81. The van der Waals surface area contributed by atoms with Gasteiger partial charge >= 0.3 is 5.97 Å². The highest BCUT2D eigenvalue weighted by atomic mass is 16.6. The maximum atomic E-state index is 12.1. The summed E-state index contributed by atoms with van der Waals surface area (Å²) in [4.78, 5) is 34.4. The van der Waals surface area contributed by atoms with Gasteiger partial charge in [-0.05, 0) is 12.8 Å². The third kappa shape index (κ3) is 2.86. The fraction of sp³-hybridized carbons (Fsp3) is 0.750. The van der Waals surface area contributed by atoms with Gasteiger partial charge in [0.05, 0.1) is 5.54 Å². The van der Waals surface area contributed by atoms with Crippen LogP contribution < -0.4 is 16.4 Å². The third-order valence-corrected chi connectivity index (χ3v) is 3.65. The van der Waals surface area contributed by atoms with Crippen molar-refractivity contribution in [3.8, 4) is 0 Å². The monoisotopic (exact) mass is 269 g/mol. The van der Waals surface area contributed by atoms with E-state index >= 15 is 0 Å². The molecule has 106 valence electrons. The smallest absolute Gasteiger partial charge is 0.304 e. The standard InChI is InChI=1S/C12H19N3O4/c1-7(16)19-10-8(9(17)15-10)14-11(18)12(13)5-3-2-4-6-12/h8,10H,2-6,13H2,1H3,(H,14,18)(H,15,17). The number of β-lactam (4-membered cyclic amide) rings is 1. The van der Waals surface area contributed by atoms with Crippen LogP contribution in [0.4, 0.5) is 0 Å². The number of carbonyl (C=O) groups is 3. The highest BCUT2D eigenvalue weighted by Crippen LogP contribution is 2.26. The van der Waals surface area contributed by atoms with E-state index < -0.39 is 23.8 Å². The zero-order valence-electron chi connectivity index (χ0n) is 10.9. The molecular formula is C12H19N3O4. The highest BCUT2D eigenvalue weighted by molar-refractivity contribution is 5.96. The lowest BCUT2D eigenvalue weighted by Gasteiger charge is -2.39. The zero-order chi connectivity index (χ0) is 14.0. The van der Waals surface area contributed by atoms with Gasteiger partial charge in [0.1, 0.15) is 0 Å². The molecule has 4 N–H and O–H groups in total. The molecule has 2 rings (SSSR count). The van der Waals surface area contributed by atoms with Crippen LogP contribution in [-0.4, -0.2) is 35.6 Å². The van der Waals surface area contributed by atoms with Crippen LogP contribution in [0, 0.1) is 0 Å². The van der Waals surface area contributed by atoms with Gasteiger partial charge < -0.3 is 21.1 Å². The molecule has 7 nitrogen and oxygen atoms in total. The Morgan fingerprint density at radius 1 is 1.37 bits per heavy atom. The van der Waals surface area contributed by atoms with Crippen molar-refractivity contribution in [2.75, 3.05) is 0 Å². The molecule has 2 fully saturated rings. The van der Waals surface area contributed by atoms with Crippen LogP contribution in [0.5, 0.6) is 0 Å². The van der Waals surface area contributed by atoms with Gasteiger partial charge in [0.2, 0.25) is 12.1 Å². The molecule has 1 heterocycles. The summed E-state index contributed by atoms with van der Waals surface area (Å²) in [6, 6.07) is -0.834. The Labute approximate surface area is 111 Å². The second-order valence-corrected chi connectivity index (χ2v) is 5.21. The van der Waals surface area contributed by atoms with Gasteiger partial charge in [-0.1, -0.05) is 19.3 Å². The fourth-order valence-corrected chi connectivity index (χ4v) is 2.47. The van der Waals surface area contributed by atoms with Gasteiger partial charge in [0.25, 0.3) is 5.91 Å². The van der Waals surface area contributed by atoms with Crippen molar-refractivity contribution in [3.63, 3.8) is 0 Å². The predicted molar refractivity (Wildman–Crippen MR) is 65.6 cm³/mol. The molecular weight excluding hydrogens is 250 g/mol. The lowest BCUT2D eigenvalue weighted by Crippen LogP contribution is -2.72. The van der Waals surface area contributed by atoms with Crippen molar-refractivity contribution in [2.24, 2.45) is 5.73 Å². The number of rotatable bonds is 3. The Balaban J connectivity index is 1.93. The molecule has 0 aromatic heterocycles. The minimum Gasteiger partial charge on any atom is -0.439 e. The summed E-state index contributed by atoms with van der Waals surface area (Å²) in [6.07, 6.45) is 3.34. The van der Waals surface area contributed by atoms with Crippen LogP contribution in [0.1, 0.15) is 39.0 Å². The van der Waals surface area contributed by atoms with Crippen LogP contribution >= 0.6 is 0 Å². The van der Waals surface area contributed by atoms with Crippen molar-refractivity contribution in [1.29, 1.82) is 0 Å². The second kappa shape index (κ2) is 5.16. The van der Waals surface area contributed by atoms with E-state index in [1.54, 1.807) is 0 Å². The van der Waals surface area contributed by atoms with Gasteiger partial charge in [-0.15, -0.1) is 0 Å². The molecule has 1 saturated heterocycles. The molecule has 0 radical (unpaired) electrons. The van der Waals surface area contributed by atoms with E-state index in [1.807, 2.05) is 0 Å². The minimum absolute atomic E-state index is 0.343. The average Bonchev–Trinajstić information content (AvgIpc) is 2.35. The fourth-order valence-electron chi connectivity index (χ4n) is 2.47. The molecule has 2 amide bonds. The zero-order valence-corrected chi connectivity index (χ0v) is 10.9. The van der Waals surface area contributed by atoms with Gasteiger partial charge in [0, 0.05) is 6.92 Å². The Morgan fingerprint density at radius 3 is 2.53 bits per heavy atom. The molecule has 2 aliphatic rings. The SMILES string of the molecule is CC(=O)OC1NC(=O)C1NC(=O)C1(N)CCCCC1. The number of hydrogen-bond donors (Lipinski definition) is 3. The number of nitrogens with two attached hydrogens (primary N) is 1. The van der Waals surface area contributed by atoms with Crippen molar-refractivity contribution >= 4 is 17.8 Å². The number of nitrogens with one attached hydrogen (secondary N) is 2. The Hall–Kier alpha value is -1.63. The first-order valence-corrected chi connectivity index (χ1v) is 6.50. The van der Waals surface area contributed by atoms with Gasteiger partial charge in [-0.25, -0.2) is 0 Å². The summed E-state index contributed by atoms with van der Waals surface area (Å²) >= 11 is 0. The van der Waals surface area contributed by atoms with E-state index in [4.69, 9.17) is 10.5 Å². The van der Waals surface area contributed by atoms with E-state index in [0.29, 0.717) is 12.8 Å². The van der Waals surface area contributed by atoms with E-state index in [0.717, 1.165) is 19.3 Å². The van der Waals surface area contributed by atoms with Gasteiger partial charge in [0.15, 0.2) is 6.04 Å². The number of esters is 1. The summed E-state index contributed by atoms with van der Waals surface area (Å²) in [5, 5.41) is 4.99. The topological polar surface area (TPSA) is 111 Å². The maximum absolute atomic E-state index is 12.1. The van der Waals surface area contributed by atoms with Crippen LogP contribution in [-0.2, 0) is 19.1 Å². The van der Waals surface area contributed by atoms with Gasteiger partial charge in [-0.2, -0.15) is 0 Å². The molecule has 19 heavy (non-hydrogen) atoms. The molecule has 1 aliphatic carbocycles. The summed E-state index contributed by atoms with van der Waals surface area (Å²) in [7, 11) is 0. The quantitative estimate of drug-likeness (QED) is 0.456. The average molecular weight is 269 g/mol. The molecule has 0 spiro atoms.